The predicted octanol–water partition coefficient (Wildman–Crippen LogP) is 3.79. The van der Waals surface area contributed by atoms with Crippen molar-refractivity contribution < 1.29 is 0 Å². The van der Waals surface area contributed by atoms with Crippen molar-refractivity contribution in [3.05, 3.63) is 18.2 Å². The quantitative estimate of drug-likeness (QED) is 0.397. The zero-order chi connectivity index (χ0) is 16.7. The molecule has 1 fully saturated rings. The van der Waals surface area contributed by atoms with Crippen LogP contribution in [0.5, 0.6) is 0 Å². The Morgan fingerprint density at radius 1 is 1.42 bits per heavy atom. The van der Waals surface area contributed by atoms with Gasteiger partial charge in [0.2, 0.25) is 0 Å². The lowest BCUT2D eigenvalue weighted by Gasteiger charge is -2.28. The average molecular weight is 447 g/mol. The molecular formula is C18H34IN5. The van der Waals surface area contributed by atoms with Crippen LogP contribution in [0.15, 0.2) is 17.4 Å². The minimum Gasteiger partial charge on any atom is -0.357 e. The number of imidazole rings is 1. The molecule has 0 saturated heterocycles. The van der Waals surface area contributed by atoms with E-state index in [0.717, 1.165) is 30.8 Å². The maximum absolute atomic E-state index is 4.75. The molecule has 2 N–H and O–H groups in total. The first-order chi connectivity index (χ1) is 11.1. The van der Waals surface area contributed by atoms with Crippen molar-refractivity contribution in [3.63, 3.8) is 0 Å². The summed E-state index contributed by atoms with van der Waals surface area (Å²) in [4.78, 5) is 9.21. The molecular weight excluding hydrogens is 413 g/mol. The highest BCUT2D eigenvalue weighted by Crippen LogP contribution is 2.23. The molecule has 1 aliphatic carbocycles. The van der Waals surface area contributed by atoms with Gasteiger partial charge in [-0.2, -0.15) is 0 Å². The summed E-state index contributed by atoms with van der Waals surface area (Å²) >= 11 is 0. The molecule has 5 nitrogen and oxygen atoms in total. The summed E-state index contributed by atoms with van der Waals surface area (Å²) < 4.78 is 2.21. The van der Waals surface area contributed by atoms with E-state index >= 15 is 0 Å². The number of hydrogen-bond donors (Lipinski definition) is 2. The van der Waals surface area contributed by atoms with E-state index in [2.05, 4.69) is 47.9 Å². The van der Waals surface area contributed by atoms with Gasteiger partial charge in [-0.15, -0.1) is 24.0 Å². The number of halogens is 1. The summed E-state index contributed by atoms with van der Waals surface area (Å²) in [5.41, 5.74) is 0. The Morgan fingerprint density at radius 2 is 2.21 bits per heavy atom. The molecule has 24 heavy (non-hydrogen) atoms. The Bertz CT molecular complexity index is 497. The summed E-state index contributed by atoms with van der Waals surface area (Å²) in [5.74, 6) is 3.38. The molecule has 0 bridgehead atoms. The largest absolute Gasteiger partial charge is 0.357 e. The molecule has 1 aromatic heterocycles. The van der Waals surface area contributed by atoms with Crippen LogP contribution in [0.25, 0.3) is 0 Å². The SMILES string of the molecule is CCNC(=NCc1nccn1CC(C)C)NC1CCCC(C)C1.I. The van der Waals surface area contributed by atoms with E-state index in [9.17, 15) is 0 Å². The van der Waals surface area contributed by atoms with E-state index < -0.39 is 0 Å². The fraction of sp³-hybridized carbons (Fsp3) is 0.778. The first-order valence-electron chi connectivity index (χ1n) is 9.13. The van der Waals surface area contributed by atoms with Gasteiger partial charge < -0.3 is 15.2 Å². The Hall–Kier alpha value is -0.790. The molecule has 0 spiro atoms. The number of nitrogens with zero attached hydrogens (tertiary/aromatic N) is 3. The number of nitrogens with one attached hydrogen (secondary N) is 2. The van der Waals surface area contributed by atoms with Gasteiger partial charge in [-0.1, -0.05) is 33.6 Å². The highest BCUT2D eigenvalue weighted by molar-refractivity contribution is 14.0. The van der Waals surface area contributed by atoms with Gasteiger partial charge >= 0.3 is 0 Å². The third-order valence-corrected chi connectivity index (χ3v) is 4.36. The summed E-state index contributed by atoms with van der Waals surface area (Å²) in [7, 11) is 0. The van der Waals surface area contributed by atoms with Crippen LogP contribution in [-0.2, 0) is 13.1 Å². The van der Waals surface area contributed by atoms with Crippen molar-refractivity contribution in [1.29, 1.82) is 0 Å². The number of guanidine groups is 1. The third-order valence-electron chi connectivity index (χ3n) is 4.36. The van der Waals surface area contributed by atoms with Crippen molar-refractivity contribution >= 4 is 29.9 Å². The maximum atomic E-state index is 4.75. The second-order valence-corrected chi connectivity index (χ2v) is 7.20. The number of aliphatic imine (C=N–C) groups is 1. The number of rotatable bonds is 6. The van der Waals surface area contributed by atoms with Crippen LogP contribution in [0.1, 0.15) is 59.2 Å². The molecule has 2 atom stereocenters. The molecule has 1 aromatic rings. The van der Waals surface area contributed by atoms with Gasteiger partial charge in [0, 0.05) is 31.5 Å². The Balaban J connectivity index is 0.00000288. The van der Waals surface area contributed by atoms with E-state index in [-0.39, 0.29) is 24.0 Å². The predicted molar refractivity (Wildman–Crippen MR) is 112 cm³/mol. The maximum Gasteiger partial charge on any atom is 0.191 e. The van der Waals surface area contributed by atoms with Crippen molar-refractivity contribution in [2.24, 2.45) is 16.8 Å². The van der Waals surface area contributed by atoms with Crippen LogP contribution in [0, 0.1) is 11.8 Å². The van der Waals surface area contributed by atoms with E-state index in [4.69, 9.17) is 4.99 Å². The van der Waals surface area contributed by atoms with Gasteiger partial charge in [0.1, 0.15) is 12.4 Å². The van der Waals surface area contributed by atoms with Crippen LogP contribution in [0.4, 0.5) is 0 Å². The Kier molecular flexibility index (Phi) is 9.69. The van der Waals surface area contributed by atoms with Crippen LogP contribution in [0.3, 0.4) is 0 Å². The lowest BCUT2D eigenvalue weighted by Crippen LogP contribution is -2.45. The van der Waals surface area contributed by atoms with Gasteiger partial charge in [-0.25, -0.2) is 9.98 Å². The second kappa shape index (κ2) is 10.9. The van der Waals surface area contributed by atoms with Gasteiger partial charge in [0.05, 0.1) is 0 Å². The lowest BCUT2D eigenvalue weighted by molar-refractivity contribution is 0.324. The van der Waals surface area contributed by atoms with Gasteiger partial charge in [-0.05, 0) is 31.6 Å². The molecule has 0 aromatic carbocycles. The van der Waals surface area contributed by atoms with Crippen molar-refractivity contribution in [1.82, 2.24) is 20.2 Å². The van der Waals surface area contributed by atoms with Crippen LogP contribution in [0.2, 0.25) is 0 Å². The van der Waals surface area contributed by atoms with Crippen LogP contribution < -0.4 is 10.6 Å². The smallest absolute Gasteiger partial charge is 0.191 e. The molecule has 1 heterocycles. The zero-order valence-electron chi connectivity index (χ0n) is 15.6. The molecule has 1 saturated carbocycles. The minimum atomic E-state index is 0. The summed E-state index contributed by atoms with van der Waals surface area (Å²) in [6.45, 7) is 11.4. The highest BCUT2D eigenvalue weighted by Gasteiger charge is 2.19. The Labute approximate surface area is 164 Å². The van der Waals surface area contributed by atoms with Crippen LogP contribution >= 0.6 is 24.0 Å². The average Bonchev–Trinajstić information content (AvgIpc) is 2.91. The van der Waals surface area contributed by atoms with E-state index in [0.29, 0.717) is 18.5 Å². The number of hydrogen-bond acceptors (Lipinski definition) is 2. The lowest BCUT2D eigenvalue weighted by atomic mass is 9.87. The van der Waals surface area contributed by atoms with Gasteiger partial charge in [0.15, 0.2) is 5.96 Å². The normalized spacial score (nSPS) is 21.5. The fourth-order valence-corrected chi connectivity index (χ4v) is 3.28. The summed E-state index contributed by atoms with van der Waals surface area (Å²) in [6, 6.07) is 0.548. The molecule has 1 aliphatic rings. The molecule has 6 heteroatoms. The molecule has 2 unspecified atom stereocenters. The minimum absolute atomic E-state index is 0. The first kappa shape index (κ1) is 21.3. The van der Waals surface area contributed by atoms with E-state index in [1.54, 1.807) is 0 Å². The molecule has 2 rings (SSSR count). The van der Waals surface area contributed by atoms with Crippen molar-refractivity contribution in [2.75, 3.05) is 6.54 Å². The zero-order valence-corrected chi connectivity index (χ0v) is 17.9. The third kappa shape index (κ3) is 6.99. The van der Waals surface area contributed by atoms with E-state index in [1.165, 1.54) is 25.7 Å². The standard InChI is InChI=1S/C18H33N5.HI/c1-5-19-18(22-16-8-6-7-15(4)11-16)21-12-17-20-9-10-23(17)13-14(2)3;/h9-10,14-16H,5-8,11-13H2,1-4H3,(H2,19,21,22);1H. The second-order valence-electron chi connectivity index (χ2n) is 7.20. The van der Waals surface area contributed by atoms with Crippen molar-refractivity contribution in [3.8, 4) is 0 Å². The first-order valence-corrected chi connectivity index (χ1v) is 9.13. The monoisotopic (exact) mass is 447 g/mol. The number of aromatic nitrogens is 2. The van der Waals surface area contributed by atoms with Gasteiger partial charge in [0.25, 0.3) is 0 Å². The van der Waals surface area contributed by atoms with Gasteiger partial charge in [-0.3, -0.25) is 0 Å². The Morgan fingerprint density at radius 3 is 2.88 bits per heavy atom. The summed E-state index contributed by atoms with van der Waals surface area (Å²) in [6.07, 6.45) is 9.09. The van der Waals surface area contributed by atoms with Crippen molar-refractivity contribution in [2.45, 2.75) is 72.5 Å². The topological polar surface area (TPSA) is 54.2 Å². The molecule has 0 amide bonds. The molecule has 138 valence electrons. The summed E-state index contributed by atoms with van der Waals surface area (Å²) in [5, 5.41) is 6.98. The molecule has 0 radical (unpaired) electrons. The fourth-order valence-electron chi connectivity index (χ4n) is 3.28. The van der Waals surface area contributed by atoms with E-state index in [1.807, 2.05) is 12.4 Å². The molecule has 0 aliphatic heterocycles. The highest BCUT2D eigenvalue weighted by atomic mass is 127. The van der Waals surface area contributed by atoms with Crippen LogP contribution in [-0.4, -0.2) is 28.1 Å².